The van der Waals surface area contributed by atoms with Gasteiger partial charge in [-0.05, 0) is 30.7 Å². The molecule has 154 valence electrons. The molecule has 0 amide bonds. The molecular formula is C20H28FN3O3S. The molecule has 6 nitrogen and oxygen atoms in total. The number of anilines is 1. The number of aromatic nitrogens is 1. The Labute approximate surface area is 166 Å². The lowest BCUT2D eigenvalue weighted by Crippen LogP contribution is -2.27. The fraction of sp³-hybridized carbons (Fsp3) is 0.450. The summed E-state index contributed by atoms with van der Waals surface area (Å²) >= 11 is 0. The highest BCUT2D eigenvalue weighted by atomic mass is 32.2. The standard InChI is InChI=1S/C20H28FN3O3S/c1-14(2)22-11-12-27-20-10-9-19(16(4)23-20)24-28(25,26)18-7-5-17(6-8-18)15(3)13-21/h5-10,14-15,22,24H,11-13H2,1-4H3. The summed E-state index contributed by atoms with van der Waals surface area (Å²) in [5, 5.41) is 3.24. The van der Waals surface area contributed by atoms with Gasteiger partial charge in [0.25, 0.3) is 10.0 Å². The second-order valence-corrected chi connectivity index (χ2v) is 8.65. The number of alkyl halides is 1. The van der Waals surface area contributed by atoms with Crippen molar-refractivity contribution in [3.63, 3.8) is 0 Å². The van der Waals surface area contributed by atoms with Crippen molar-refractivity contribution in [2.75, 3.05) is 24.5 Å². The van der Waals surface area contributed by atoms with E-state index in [1.807, 2.05) is 0 Å². The molecule has 1 unspecified atom stereocenters. The number of pyridine rings is 1. The van der Waals surface area contributed by atoms with Gasteiger partial charge in [-0.15, -0.1) is 0 Å². The predicted molar refractivity (Wildman–Crippen MR) is 109 cm³/mol. The first kappa shape index (κ1) is 22.1. The number of sulfonamides is 1. The number of benzene rings is 1. The van der Waals surface area contributed by atoms with Crippen LogP contribution in [0, 0.1) is 6.92 Å². The second-order valence-electron chi connectivity index (χ2n) is 6.97. The average molecular weight is 410 g/mol. The van der Waals surface area contributed by atoms with Crippen LogP contribution >= 0.6 is 0 Å². The smallest absolute Gasteiger partial charge is 0.261 e. The molecule has 1 aromatic heterocycles. The van der Waals surface area contributed by atoms with E-state index in [1.54, 1.807) is 38.1 Å². The van der Waals surface area contributed by atoms with E-state index >= 15 is 0 Å². The first-order valence-electron chi connectivity index (χ1n) is 9.25. The summed E-state index contributed by atoms with van der Waals surface area (Å²) in [6.07, 6.45) is 0. The van der Waals surface area contributed by atoms with E-state index in [4.69, 9.17) is 4.74 Å². The van der Waals surface area contributed by atoms with Crippen LogP contribution in [0.15, 0.2) is 41.3 Å². The van der Waals surface area contributed by atoms with Crippen LogP contribution in [0.3, 0.4) is 0 Å². The Morgan fingerprint density at radius 3 is 2.36 bits per heavy atom. The molecule has 1 heterocycles. The highest BCUT2D eigenvalue weighted by Crippen LogP contribution is 2.23. The van der Waals surface area contributed by atoms with Crippen molar-refractivity contribution in [1.82, 2.24) is 10.3 Å². The van der Waals surface area contributed by atoms with E-state index in [0.29, 0.717) is 36.5 Å². The predicted octanol–water partition coefficient (Wildman–Crippen LogP) is 3.64. The average Bonchev–Trinajstić information content (AvgIpc) is 2.66. The molecule has 0 bridgehead atoms. The third-order valence-electron chi connectivity index (χ3n) is 4.20. The van der Waals surface area contributed by atoms with Crippen molar-refractivity contribution < 1.29 is 17.5 Å². The Bertz CT molecular complexity index is 871. The van der Waals surface area contributed by atoms with Gasteiger partial charge in [0, 0.05) is 24.6 Å². The molecule has 1 aromatic carbocycles. The molecule has 2 N–H and O–H groups in total. The summed E-state index contributed by atoms with van der Waals surface area (Å²) in [4.78, 5) is 4.41. The maximum atomic E-state index is 12.8. The molecule has 8 heteroatoms. The van der Waals surface area contributed by atoms with Crippen molar-refractivity contribution in [1.29, 1.82) is 0 Å². The van der Waals surface area contributed by atoms with Crippen LogP contribution in [0.1, 0.15) is 37.9 Å². The van der Waals surface area contributed by atoms with Gasteiger partial charge in [-0.1, -0.05) is 32.9 Å². The highest BCUT2D eigenvalue weighted by molar-refractivity contribution is 7.92. The van der Waals surface area contributed by atoms with Crippen LogP contribution in [0.4, 0.5) is 10.1 Å². The van der Waals surface area contributed by atoms with Crippen LogP contribution in [0.5, 0.6) is 5.88 Å². The first-order chi connectivity index (χ1) is 13.2. The Morgan fingerprint density at radius 1 is 1.11 bits per heavy atom. The van der Waals surface area contributed by atoms with Gasteiger partial charge in [0.1, 0.15) is 6.61 Å². The normalized spacial score (nSPS) is 12.8. The van der Waals surface area contributed by atoms with Gasteiger partial charge < -0.3 is 10.1 Å². The van der Waals surface area contributed by atoms with E-state index in [9.17, 15) is 12.8 Å². The second kappa shape index (κ2) is 9.84. The third kappa shape index (κ3) is 6.17. The van der Waals surface area contributed by atoms with Gasteiger partial charge in [-0.2, -0.15) is 0 Å². The van der Waals surface area contributed by atoms with Gasteiger partial charge in [0.15, 0.2) is 0 Å². The maximum Gasteiger partial charge on any atom is 0.261 e. The minimum Gasteiger partial charge on any atom is -0.476 e. The molecule has 2 aromatic rings. The van der Waals surface area contributed by atoms with Crippen molar-refractivity contribution in [2.24, 2.45) is 0 Å². The largest absolute Gasteiger partial charge is 0.476 e. The van der Waals surface area contributed by atoms with Crippen molar-refractivity contribution in [2.45, 2.75) is 44.6 Å². The minimum absolute atomic E-state index is 0.113. The zero-order valence-electron chi connectivity index (χ0n) is 16.7. The molecule has 2 rings (SSSR count). The molecule has 0 spiro atoms. The quantitative estimate of drug-likeness (QED) is 0.586. The van der Waals surface area contributed by atoms with E-state index in [2.05, 4.69) is 28.9 Å². The lowest BCUT2D eigenvalue weighted by molar-refractivity contribution is 0.297. The van der Waals surface area contributed by atoms with Gasteiger partial charge in [0.05, 0.1) is 23.0 Å². The summed E-state index contributed by atoms with van der Waals surface area (Å²) in [7, 11) is -3.76. The van der Waals surface area contributed by atoms with Crippen LogP contribution in [0.2, 0.25) is 0 Å². The molecule has 0 aliphatic rings. The monoisotopic (exact) mass is 409 g/mol. The lowest BCUT2D eigenvalue weighted by Gasteiger charge is -2.13. The van der Waals surface area contributed by atoms with Crippen LogP contribution in [-0.2, 0) is 10.0 Å². The van der Waals surface area contributed by atoms with Crippen molar-refractivity contribution in [3.05, 3.63) is 47.7 Å². The molecule has 0 saturated carbocycles. The SMILES string of the molecule is Cc1nc(OCCNC(C)C)ccc1NS(=O)(=O)c1ccc(C(C)CF)cc1. The number of rotatable bonds is 10. The van der Waals surface area contributed by atoms with Gasteiger partial charge in [-0.3, -0.25) is 9.11 Å². The Hall–Kier alpha value is -2.19. The number of hydrogen-bond donors (Lipinski definition) is 2. The highest BCUT2D eigenvalue weighted by Gasteiger charge is 2.17. The Morgan fingerprint density at radius 2 is 1.79 bits per heavy atom. The first-order valence-corrected chi connectivity index (χ1v) is 10.7. The molecule has 0 aliphatic carbocycles. The molecule has 0 radical (unpaired) electrons. The number of nitrogens with zero attached hydrogens (tertiary/aromatic N) is 1. The maximum absolute atomic E-state index is 12.8. The number of ether oxygens (including phenoxy) is 1. The summed E-state index contributed by atoms with van der Waals surface area (Å²) in [5.74, 6) is 0.176. The van der Waals surface area contributed by atoms with Crippen molar-refractivity contribution in [3.8, 4) is 5.88 Å². The molecule has 0 saturated heterocycles. The van der Waals surface area contributed by atoms with E-state index in [-0.39, 0.29) is 10.8 Å². The van der Waals surface area contributed by atoms with Gasteiger partial charge >= 0.3 is 0 Å². The third-order valence-corrected chi connectivity index (χ3v) is 5.58. The zero-order valence-corrected chi connectivity index (χ0v) is 17.5. The van der Waals surface area contributed by atoms with Gasteiger partial charge in [0.2, 0.25) is 5.88 Å². The summed E-state index contributed by atoms with van der Waals surface area (Å²) < 4.78 is 46.1. The van der Waals surface area contributed by atoms with Crippen molar-refractivity contribution >= 4 is 15.7 Å². The zero-order chi connectivity index (χ0) is 20.7. The van der Waals surface area contributed by atoms with E-state index in [1.165, 1.54) is 12.1 Å². The lowest BCUT2D eigenvalue weighted by atomic mass is 10.0. The summed E-state index contributed by atoms with van der Waals surface area (Å²) in [6, 6.07) is 9.86. The Balaban J connectivity index is 2.05. The Kier molecular flexibility index (Phi) is 7.77. The topological polar surface area (TPSA) is 80.3 Å². The summed E-state index contributed by atoms with van der Waals surface area (Å²) in [6.45, 7) is 8.25. The van der Waals surface area contributed by atoms with E-state index < -0.39 is 16.7 Å². The van der Waals surface area contributed by atoms with E-state index in [0.717, 1.165) is 5.56 Å². The number of hydrogen-bond acceptors (Lipinski definition) is 5. The van der Waals surface area contributed by atoms with Gasteiger partial charge in [-0.25, -0.2) is 13.4 Å². The molecule has 1 atom stereocenters. The number of halogens is 1. The fourth-order valence-corrected chi connectivity index (χ4v) is 3.62. The molecular weight excluding hydrogens is 381 g/mol. The van der Waals surface area contributed by atoms with Crippen LogP contribution in [0.25, 0.3) is 0 Å². The minimum atomic E-state index is -3.76. The molecule has 28 heavy (non-hydrogen) atoms. The summed E-state index contributed by atoms with van der Waals surface area (Å²) in [5.41, 5.74) is 1.65. The molecule has 0 fully saturated rings. The fourth-order valence-electron chi connectivity index (χ4n) is 2.50. The van der Waals surface area contributed by atoms with Crippen LogP contribution in [-0.4, -0.2) is 39.3 Å². The number of nitrogens with one attached hydrogen (secondary N) is 2. The number of aryl methyl sites for hydroxylation is 1. The van der Waals surface area contributed by atoms with Crippen LogP contribution < -0.4 is 14.8 Å². The molecule has 0 aliphatic heterocycles.